The van der Waals surface area contributed by atoms with Crippen LogP contribution in [-0.4, -0.2) is 45.7 Å². The van der Waals surface area contributed by atoms with Gasteiger partial charge in [0, 0.05) is 43.4 Å². The monoisotopic (exact) mass is 272 g/mol. The van der Waals surface area contributed by atoms with Gasteiger partial charge in [0.2, 0.25) is 5.95 Å². The van der Waals surface area contributed by atoms with Gasteiger partial charge in [-0.15, -0.1) is 0 Å². The van der Waals surface area contributed by atoms with E-state index >= 15 is 0 Å². The van der Waals surface area contributed by atoms with Gasteiger partial charge in [-0.25, -0.2) is 9.97 Å². The quantitative estimate of drug-likeness (QED) is 0.853. The number of hydrogen-bond donors (Lipinski definition) is 0. The van der Waals surface area contributed by atoms with Gasteiger partial charge in [-0.05, 0) is 31.5 Å². The highest BCUT2D eigenvalue weighted by Crippen LogP contribution is 2.20. The van der Waals surface area contributed by atoms with Gasteiger partial charge in [0.05, 0.1) is 13.2 Å². The molecule has 5 nitrogen and oxygen atoms in total. The molecule has 3 heterocycles. The Balaban J connectivity index is 1.87. The molecule has 0 N–H and O–H groups in total. The number of morpholine rings is 1. The van der Waals surface area contributed by atoms with E-state index in [0.29, 0.717) is 0 Å². The average molecular weight is 272 g/mol. The highest BCUT2D eigenvalue weighted by Gasteiger charge is 2.16. The van der Waals surface area contributed by atoms with Crippen LogP contribution in [-0.2, 0) is 11.3 Å². The first-order valence-electron chi connectivity index (χ1n) is 7.01. The Morgan fingerprint density at radius 3 is 2.55 bits per heavy atom. The Labute approximate surface area is 119 Å². The van der Waals surface area contributed by atoms with Gasteiger partial charge in [-0.2, -0.15) is 0 Å². The van der Waals surface area contributed by atoms with E-state index in [1.54, 1.807) is 12.4 Å². The molecule has 106 valence electrons. The van der Waals surface area contributed by atoms with Crippen LogP contribution in [0.5, 0.6) is 0 Å². The molecule has 1 aliphatic heterocycles. The summed E-state index contributed by atoms with van der Waals surface area (Å²) in [5.41, 5.74) is 3.74. The fourth-order valence-electron chi connectivity index (χ4n) is 2.70. The zero-order valence-electron chi connectivity index (χ0n) is 12.0. The van der Waals surface area contributed by atoms with Crippen molar-refractivity contribution in [1.29, 1.82) is 0 Å². The van der Waals surface area contributed by atoms with Gasteiger partial charge in [-0.1, -0.05) is 0 Å². The predicted octanol–water partition coefficient (Wildman–Crippen LogP) is 1.72. The van der Waals surface area contributed by atoms with Gasteiger partial charge in [0.25, 0.3) is 0 Å². The second-order valence-electron chi connectivity index (χ2n) is 5.17. The second kappa shape index (κ2) is 5.73. The van der Waals surface area contributed by atoms with Gasteiger partial charge in [0.15, 0.2) is 0 Å². The molecule has 0 radical (unpaired) electrons. The maximum atomic E-state index is 5.40. The Morgan fingerprint density at radius 2 is 1.85 bits per heavy atom. The van der Waals surface area contributed by atoms with Crippen molar-refractivity contribution in [3.63, 3.8) is 0 Å². The molecule has 1 aliphatic rings. The topological polar surface area (TPSA) is 43.2 Å². The Kier molecular flexibility index (Phi) is 3.80. The first-order valence-corrected chi connectivity index (χ1v) is 7.01. The molecule has 0 spiro atoms. The van der Waals surface area contributed by atoms with Gasteiger partial charge >= 0.3 is 0 Å². The number of nitrogens with zero attached hydrogens (tertiary/aromatic N) is 4. The van der Waals surface area contributed by atoms with Crippen molar-refractivity contribution >= 4 is 0 Å². The molecule has 3 rings (SSSR count). The van der Waals surface area contributed by atoms with Crippen LogP contribution in [0, 0.1) is 13.8 Å². The van der Waals surface area contributed by atoms with E-state index < -0.39 is 0 Å². The minimum atomic E-state index is 0.746. The van der Waals surface area contributed by atoms with Crippen molar-refractivity contribution < 1.29 is 4.74 Å². The number of hydrogen-bond acceptors (Lipinski definition) is 4. The summed E-state index contributed by atoms with van der Waals surface area (Å²) in [6.07, 6.45) is 3.56. The molecule has 1 saturated heterocycles. The van der Waals surface area contributed by atoms with Crippen LogP contribution in [0.25, 0.3) is 5.95 Å². The minimum Gasteiger partial charge on any atom is -0.379 e. The first-order chi connectivity index (χ1) is 9.75. The summed E-state index contributed by atoms with van der Waals surface area (Å²) in [7, 11) is 0. The SMILES string of the molecule is Cc1cc(CN2CCOCC2)c(C)n1-c1ncccn1. The zero-order valence-corrected chi connectivity index (χ0v) is 12.0. The Hall–Kier alpha value is -1.72. The number of aromatic nitrogens is 3. The molecule has 0 amide bonds. The lowest BCUT2D eigenvalue weighted by Crippen LogP contribution is -2.35. The third-order valence-electron chi connectivity index (χ3n) is 3.79. The molecule has 2 aromatic heterocycles. The van der Waals surface area contributed by atoms with Crippen LogP contribution in [0.2, 0.25) is 0 Å². The van der Waals surface area contributed by atoms with Crippen LogP contribution >= 0.6 is 0 Å². The normalized spacial score (nSPS) is 16.5. The highest BCUT2D eigenvalue weighted by atomic mass is 16.5. The molecule has 5 heteroatoms. The molecule has 0 aliphatic carbocycles. The van der Waals surface area contributed by atoms with Crippen LogP contribution in [0.1, 0.15) is 17.0 Å². The van der Waals surface area contributed by atoms with Crippen molar-refractivity contribution in [2.24, 2.45) is 0 Å². The van der Waals surface area contributed by atoms with Crippen molar-refractivity contribution in [2.75, 3.05) is 26.3 Å². The van der Waals surface area contributed by atoms with E-state index in [1.165, 1.54) is 17.0 Å². The summed E-state index contributed by atoms with van der Waals surface area (Å²) >= 11 is 0. The Bertz CT molecular complexity index is 573. The van der Waals surface area contributed by atoms with Crippen molar-refractivity contribution in [3.8, 4) is 5.95 Å². The first kappa shape index (κ1) is 13.3. The lowest BCUT2D eigenvalue weighted by atomic mass is 10.2. The third kappa shape index (κ3) is 2.59. The van der Waals surface area contributed by atoms with Crippen LogP contribution in [0.15, 0.2) is 24.5 Å². The minimum absolute atomic E-state index is 0.746. The van der Waals surface area contributed by atoms with E-state index in [1.807, 2.05) is 6.07 Å². The van der Waals surface area contributed by atoms with Crippen LogP contribution < -0.4 is 0 Å². The molecule has 2 aromatic rings. The smallest absolute Gasteiger partial charge is 0.233 e. The van der Waals surface area contributed by atoms with Crippen LogP contribution in [0.3, 0.4) is 0 Å². The fraction of sp³-hybridized carbons (Fsp3) is 0.467. The van der Waals surface area contributed by atoms with Gasteiger partial charge < -0.3 is 4.74 Å². The van der Waals surface area contributed by atoms with Gasteiger partial charge in [0.1, 0.15) is 0 Å². The maximum absolute atomic E-state index is 5.40. The van der Waals surface area contributed by atoms with E-state index in [2.05, 4.69) is 39.3 Å². The van der Waals surface area contributed by atoms with Crippen molar-refractivity contribution in [1.82, 2.24) is 19.4 Å². The summed E-state index contributed by atoms with van der Waals surface area (Å²) < 4.78 is 7.52. The predicted molar refractivity (Wildman–Crippen MR) is 76.9 cm³/mol. The molecule has 0 aromatic carbocycles. The molecule has 1 fully saturated rings. The molecule has 0 bridgehead atoms. The summed E-state index contributed by atoms with van der Waals surface area (Å²) in [5, 5.41) is 0. The summed E-state index contributed by atoms with van der Waals surface area (Å²) in [4.78, 5) is 11.1. The average Bonchev–Trinajstić information content (AvgIpc) is 2.75. The summed E-state index contributed by atoms with van der Waals surface area (Å²) in [6, 6.07) is 4.08. The molecule has 20 heavy (non-hydrogen) atoms. The van der Waals surface area contributed by atoms with E-state index in [4.69, 9.17) is 4.74 Å². The Morgan fingerprint density at radius 1 is 1.15 bits per heavy atom. The standard InChI is InChI=1S/C15H20N4O/c1-12-10-14(11-18-6-8-20-9-7-18)13(2)19(12)15-16-4-3-5-17-15/h3-5,10H,6-9,11H2,1-2H3. The van der Waals surface area contributed by atoms with E-state index in [9.17, 15) is 0 Å². The molecular weight excluding hydrogens is 252 g/mol. The van der Waals surface area contributed by atoms with E-state index in [-0.39, 0.29) is 0 Å². The molecule has 0 saturated carbocycles. The van der Waals surface area contributed by atoms with Crippen molar-refractivity contribution in [2.45, 2.75) is 20.4 Å². The summed E-state index contributed by atoms with van der Waals surface area (Å²) in [6.45, 7) is 8.89. The highest BCUT2D eigenvalue weighted by molar-refractivity contribution is 5.33. The van der Waals surface area contributed by atoms with E-state index in [0.717, 1.165) is 38.8 Å². The lowest BCUT2D eigenvalue weighted by Gasteiger charge is -2.26. The lowest BCUT2D eigenvalue weighted by molar-refractivity contribution is 0.0341. The second-order valence-corrected chi connectivity index (χ2v) is 5.17. The summed E-state index contributed by atoms with van der Waals surface area (Å²) in [5.74, 6) is 0.746. The third-order valence-corrected chi connectivity index (χ3v) is 3.79. The van der Waals surface area contributed by atoms with Gasteiger partial charge in [-0.3, -0.25) is 9.47 Å². The zero-order chi connectivity index (χ0) is 13.9. The fourth-order valence-corrected chi connectivity index (χ4v) is 2.70. The molecular formula is C15H20N4O. The number of ether oxygens (including phenoxy) is 1. The van der Waals surface area contributed by atoms with Crippen molar-refractivity contribution in [3.05, 3.63) is 41.5 Å². The molecule has 0 atom stereocenters. The van der Waals surface area contributed by atoms with Crippen LogP contribution in [0.4, 0.5) is 0 Å². The largest absolute Gasteiger partial charge is 0.379 e. The number of rotatable bonds is 3. The maximum Gasteiger partial charge on any atom is 0.233 e. The number of aryl methyl sites for hydroxylation is 1. The molecule has 0 unspecified atom stereocenters.